The second kappa shape index (κ2) is 15.2. The number of pyridine rings is 2. The molecule has 3 aromatic carbocycles. The van der Waals surface area contributed by atoms with E-state index >= 15 is 0 Å². The van der Waals surface area contributed by atoms with Crippen LogP contribution in [0.2, 0.25) is 0 Å². The first-order valence-corrected chi connectivity index (χ1v) is 19.7. The minimum atomic E-state index is -0.356. The highest BCUT2D eigenvalue weighted by atomic mass is 16.5. The molecule has 282 valence electrons. The fourth-order valence-electron chi connectivity index (χ4n) is 8.36. The zero-order valence-corrected chi connectivity index (χ0v) is 31.8. The lowest BCUT2D eigenvalue weighted by molar-refractivity contribution is 0.0460. The second-order valence-electron chi connectivity index (χ2n) is 14.7. The van der Waals surface area contributed by atoms with Gasteiger partial charge in [0.15, 0.2) is 0 Å². The number of aromatic nitrogens is 2. The lowest BCUT2D eigenvalue weighted by atomic mass is 9.91. The number of rotatable bonds is 12. The van der Waals surface area contributed by atoms with E-state index in [0.717, 1.165) is 73.2 Å². The third kappa shape index (κ3) is 6.84. The van der Waals surface area contributed by atoms with Crippen molar-refractivity contribution in [2.45, 2.75) is 64.6 Å². The van der Waals surface area contributed by atoms with Gasteiger partial charge in [-0.15, -0.1) is 0 Å². The molecule has 2 unspecified atom stereocenters. The molecule has 56 heavy (non-hydrogen) atoms. The van der Waals surface area contributed by atoms with Crippen LogP contribution < -0.4 is 9.80 Å². The molecule has 0 radical (unpaired) electrons. The second-order valence-corrected chi connectivity index (χ2v) is 14.7. The minimum Gasteiger partial charge on any atom is -0.455 e. The topological polar surface area (TPSA) is 110 Å². The largest absolute Gasteiger partial charge is 0.455 e. The zero-order chi connectivity index (χ0) is 38.2. The molecule has 4 heterocycles. The minimum absolute atomic E-state index is 0.105. The molecule has 4 aliphatic rings. The quantitative estimate of drug-likeness (QED) is 0.117. The Balaban J connectivity index is 0.928. The predicted octanol–water partition coefficient (Wildman–Crippen LogP) is 7.82. The lowest BCUT2D eigenvalue weighted by Crippen LogP contribution is -2.29. The summed E-state index contributed by atoms with van der Waals surface area (Å²) in [4.78, 5) is 50.0. The van der Waals surface area contributed by atoms with Gasteiger partial charge in [-0.3, -0.25) is 20.0 Å². The highest BCUT2D eigenvalue weighted by Gasteiger charge is 2.40. The molecule has 0 saturated carbocycles. The van der Waals surface area contributed by atoms with Crippen molar-refractivity contribution in [1.29, 1.82) is 0 Å². The van der Waals surface area contributed by atoms with E-state index in [1.54, 1.807) is 24.3 Å². The van der Waals surface area contributed by atoms with Crippen LogP contribution in [0.15, 0.2) is 107 Å². The summed E-state index contributed by atoms with van der Waals surface area (Å²) in [7, 11) is 0. The smallest absolute Gasteiger partial charge is 0.338 e. The van der Waals surface area contributed by atoms with E-state index in [-0.39, 0.29) is 37.0 Å². The highest BCUT2D eigenvalue weighted by Crippen LogP contribution is 2.45. The van der Waals surface area contributed by atoms with Gasteiger partial charge >= 0.3 is 11.9 Å². The third-order valence-electron chi connectivity index (χ3n) is 11.2. The van der Waals surface area contributed by atoms with Crippen molar-refractivity contribution in [3.05, 3.63) is 153 Å². The SMILES string of the molecule is CCN=C1C(c2ccc(C3CCN(c4c(COC(=O)c5ccccc5)ncc5c4C5)C3=NCC)cc2)CCN1c1c(COC(=O)c2ccccc2)ncc2c1C2. The van der Waals surface area contributed by atoms with Crippen molar-refractivity contribution in [1.82, 2.24) is 9.97 Å². The number of hydrogen-bond acceptors (Lipinski definition) is 8. The molecule has 0 amide bonds. The first kappa shape index (κ1) is 35.5. The fraction of sp³-hybridized carbons (Fsp3) is 0.304. The van der Waals surface area contributed by atoms with Crippen LogP contribution in [0.3, 0.4) is 0 Å². The van der Waals surface area contributed by atoms with Crippen LogP contribution in [0.5, 0.6) is 0 Å². The monoisotopic (exact) mass is 744 g/mol. The number of carbonyl (C=O) groups excluding carboxylic acids is 2. The normalized spacial score (nSPS) is 19.2. The Morgan fingerprint density at radius 1 is 0.625 bits per heavy atom. The van der Waals surface area contributed by atoms with Crippen molar-refractivity contribution in [3.63, 3.8) is 0 Å². The maximum absolute atomic E-state index is 12.8. The molecular weight excluding hydrogens is 701 g/mol. The van der Waals surface area contributed by atoms with Crippen LogP contribution in [0.1, 0.15) is 104 Å². The van der Waals surface area contributed by atoms with Crippen molar-refractivity contribution in [3.8, 4) is 0 Å². The summed E-state index contributed by atoms with van der Waals surface area (Å²) in [5, 5.41) is 0. The Hall–Kier alpha value is -6.16. The molecule has 2 aromatic heterocycles. The van der Waals surface area contributed by atoms with Gasteiger partial charge in [-0.2, -0.15) is 0 Å². The van der Waals surface area contributed by atoms with Crippen molar-refractivity contribution in [2.75, 3.05) is 36.0 Å². The number of carbonyl (C=O) groups is 2. The number of ether oxygens (including phenoxy) is 2. The number of benzene rings is 3. The summed E-state index contributed by atoms with van der Waals surface area (Å²) >= 11 is 0. The van der Waals surface area contributed by atoms with Crippen LogP contribution in [-0.4, -0.2) is 59.8 Å². The molecule has 2 saturated heterocycles. The summed E-state index contributed by atoms with van der Waals surface area (Å²) in [6.45, 7) is 7.33. The molecule has 0 spiro atoms. The Labute approximate surface area is 327 Å². The Bertz CT molecular complexity index is 2190. The number of esters is 2. The molecule has 0 bridgehead atoms. The van der Waals surface area contributed by atoms with Crippen LogP contribution >= 0.6 is 0 Å². The van der Waals surface area contributed by atoms with E-state index in [2.05, 4.69) is 47.9 Å². The van der Waals surface area contributed by atoms with Crippen molar-refractivity contribution in [2.24, 2.45) is 9.98 Å². The predicted molar refractivity (Wildman–Crippen MR) is 217 cm³/mol. The summed E-state index contributed by atoms with van der Waals surface area (Å²) < 4.78 is 11.5. The highest BCUT2D eigenvalue weighted by molar-refractivity contribution is 6.07. The molecule has 0 N–H and O–H groups in total. The zero-order valence-electron chi connectivity index (χ0n) is 31.8. The van der Waals surface area contributed by atoms with Gasteiger partial charge in [0.05, 0.1) is 22.5 Å². The summed E-state index contributed by atoms with van der Waals surface area (Å²) in [5.41, 5.74) is 12.2. The van der Waals surface area contributed by atoms with Crippen LogP contribution in [0, 0.1) is 0 Å². The summed E-state index contributed by atoms with van der Waals surface area (Å²) in [6, 6.07) is 27.2. The molecule has 2 aliphatic carbocycles. The van der Waals surface area contributed by atoms with Crippen LogP contribution in [0.25, 0.3) is 0 Å². The number of amidine groups is 2. The van der Waals surface area contributed by atoms with E-state index in [1.165, 1.54) is 33.4 Å². The van der Waals surface area contributed by atoms with E-state index in [0.29, 0.717) is 24.2 Å². The van der Waals surface area contributed by atoms with Crippen molar-refractivity contribution >= 4 is 35.0 Å². The molecule has 5 aromatic rings. The van der Waals surface area contributed by atoms with E-state index in [4.69, 9.17) is 29.4 Å². The van der Waals surface area contributed by atoms with Gasteiger partial charge in [-0.25, -0.2) is 9.59 Å². The Kier molecular flexibility index (Phi) is 9.63. The molecule has 2 atom stereocenters. The maximum atomic E-state index is 12.8. The summed E-state index contributed by atoms with van der Waals surface area (Å²) in [5.74, 6) is 1.63. The van der Waals surface area contributed by atoms with E-state index in [1.807, 2.05) is 48.8 Å². The number of fused-ring (bicyclic) bond motifs is 2. The lowest BCUT2D eigenvalue weighted by Gasteiger charge is -2.24. The first-order chi connectivity index (χ1) is 27.5. The molecule has 10 nitrogen and oxygen atoms in total. The van der Waals surface area contributed by atoms with E-state index < -0.39 is 0 Å². The van der Waals surface area contributed by atoms with Gasteiger partial charge in [-0.05, 0) is 84.3 Å². The molecule has 2 fully saturated rings. The van der Waals surface area contributed by atoms with Gasteiger partial charge in [0.2, 0.25) is 0 Å². The summed E-state index contributed by atoms with van der Waals surface area (Å²) in [6.07, 6.45) is 7.46. The van der Waals surface area contributed by atoms with E-state index in [9.17, 15) is 9.59 Å². The van der Waals surface area contributed by atoms with Gasteiger partial charge in [-0.1, -0.05) is 60.7 Å². The van der Waals surface area contributed by atoms with Gasteiger partial charge < -0.3 is 19.3 Å². The first-order valence-electron chi connectivity index (χ1n) is 19.7. The molecule has 2 aliphatic heterocycles. The van der Waals surface area contributed by atoms with Gasteiger partial charge in [0, 0.05) is 63.3 Å². The van der Waals surface area contributed by atoms with Gasteiger partial charge in [0.25, 0.3) is 0 Å². The molecule has 10 heteroatoms. The number of aliphatic imine (C=N–C) groups is 2. The number of nitrogens with zero attached hydrogens (tertiary/aromatic N) is 6. The third-order valence-corrected chi connectivity index (χ3v) is 11.2. The van der Waals surface area contributed by atoms with Crippen molar-refractivity contribution < 1.29 is 19.1 Å². The van der Waals surface area contributed by atoms with Crippen LogP contribution in [-0.2, 0) is 35.5 Å². The Morgan fingerprint density at radius 3 is 1.43 bits per heavy atom. The maximum Gasteiger partial charge on any atom is 0.338 e. The fourth-order valence-corrected chi connectivity index (χ4v) is 8.36. The Morgan fingerprint density at radius 2 is 1.04 bits per heavy atom. The average Bonchev–Trinajstić information content (AvgIpc) is 4.13. The van der Waals surface area contributed by atoms with Crippen LogP contribution in [0.4, 0.5) is 11.4 Å². The standard InChI is InChI=1S/C46H44N6O4/c1-3-47-43-35(19-21-51(43)41-37-23-33(37)25-49-39(41)27-55-45(53)31-11-7-5-8-12-31)29-15-17-30(18-16-29)36-20-22-52(44(36)48-4-2)42-38-24-34(38)26-50-40(42)28-56-46(54)32-13-9-6-10-14-32/h5-18,25-26,35-36H,3-4,19-24,27-28H2,1-2H3. The molecular formula is C46H44N6O4. The molecule has 9 rings (SSSR count). The number of anilines is 2. The average molecular weight is 745 g/mol. The number of hydrogen-bond donors (Lipinski definition) is 0. The van der Waals surface area contributed by atoms with Gasteiger partial charge in [0.1, 0.15) is 36.3 Å².